The lowest BCUT2D eigenvalue weighted by Crippen LogP contribution is -2.20. The monoisotopic (exact) mass is 176 g/mol. The Morgan fingerprint density at radius 1 is 1.36 bits per heavy atom. The Kier molecular flexibility index (Phi) is 3.34. The molecule has 2 nitrogen and oxygen atoms in total. The van der Waals surface area contributed by atoms with Crippen molar-refractivity contribution >= 4 is 16.8 Å². The van der Waals surface area contributed by atoms with Crippen molar-refractivity contribution in [3.63, 3.8) is 0 Å². The lowest BCUT2D eigenvalue weighted by molar-refractivity contribution is -0.116. The number of hydrogen-bond donors (Lipinski definition) is 1. The van der Waals surface area contributed by atoms with Crippen molar-refractivity contribution in [3.8, 4) is 0 Å². The number of carbonyl (C=O) groups excluding carboxylic acids is 1. The Hall–Kier alpha value is -0.0800. The van der Waals surface area contributed by atoms with E-state index in [1.807, 2.05) is 0 Å². The van der Waals surface area contributed by atoms with E-state index in [1.54, 1.807) is 0 Å². The summed E-state index contributed by atoms with van der Waals surface area (Å²) in [4.78, 5) is 10.7. The minimum Gasteiger partial charge on any atom is -0.396 e. The summed E-state index contributed by atoms with van der Waals surface area (Å²) < 4.78 is 0. The Labute approximate surface area is 71.5 Å². The van der Waals surface area contributed by atoms with E-state index in [9.17, 15) is 4.79 Å². The van der Waals surface area contributed by atoms with Crippen LogP contribution in [0.4, 0.5) is 0 Å². The fourth-order valence-corrected chi connectivity index (χ4v) is 1.79. The van der Waals surface area contributed by atoms with Gasteiger partial charge in [0.15, 0.2) is 0 Å². The smallest absolute Gasteiger partial charge is 0.224 e. The molecule has 0 aromatic rings. The standard InChI is InChI=1S/C8H13ClO2/c9-8(11)7-3-1-6(5-10)2-4-7/h6-7,10H,1-5H2. The molecule has 1 rings (SSSR count). The zero-order valence-corrected chi connectivity index (χ0v) is 7.18. The van der Waals surface area contributed by atoms with Gasteiger partial charge in [-0.25, -0.2) is 0 Å². The number of rotatable bonds is 2. The van der Waals surface area contributed by atoms with E-state index in [0.29, 0.717) is 5.92 Å². The van der Waals surface area contributed by atoms with Gasteiger partial charge in [0.25, 0.3) is 0 Å². The Bertz CT molecular complexity index is 139. The Morgan fingerprint density at radius 3 is 2.27 bits per heavy atom. The van der Waals surface area contributed by atoms with Gasteiger partial charge >= 0.3 is 0 Å². The highest BCUT2D eigenvalue weighted by molar-refractivity contribution is 6.63. The van der Waals surface area contributed by atoms with Crippen LogP contribution in [-0.4, -0.2) is 17.0 Å². The van der Waals surface area contributed by atoms with Gasteiger partial charge in [0.2, 0.25) is 5.24 Å². The van der Waals surface area contributed by atoms with E-state index >= 15 is 0 Å². The van der Waals surface area contributed by atoms with Gasteiger partial charge in [0.1, 0.15) is 0 Å². The summed E-state index contributed by atoms with van der Waals surface area (Å²) >= 11 is 5.35. The zero-order valence-electron chi connectivity index (χ0n) is 6.42. The second-order valence-corrected chi connectivity index (χ2v) is 3.58. The van der Waals surface area contributed by atoms with Crippen LogP contribution in [-0.2, 0) is 4.79 Å². The van der Waals surface area contributed by atoms with Crippen molar-refractivity contribution in [2.45, 2.75) is 25.7 Å². The number of aliphatic hydroxyl groups excluding tert-OH is 1. The van der Waals surface area contributed by atoms with Gasteiger partial charge < -0.3 is 5.11 Å². The van der Waals surface area contributed by atoms with Crippen molar-refractivity contribution < 1.29 is 9.90 Å². The van der Waals surface area contributed by atoms with Crippen LogP contribution in [0.2, 0.25) is 0 Å². The molecule has 11 heavy (non-hydrogen) atoms. The first kappa shape index (κ1) is 9.01. The van der Waals surface area contributed by atoms with Gasteiger partial charge in [-0.1, -0.05) is 0 Å². The molecular formula is C8H13ClO2. The average molecular weight is 177 g/mol. The summed E-state index contributed by atoms with van der Waals surface area (Å²) in [6.45, 7) is 0.253. The normalized spacial score (nSPS) is 31.8. The SMILES string of the molecule is O=C(Cl)C1CCC(CO)CC1. The molecule has 1 aliphatic rings. The molecule has 1 saturated carbocycles. The van der Waals surface area contributed by atoms with Crippen molar-refractivity contribution in [1.82, 2.24) is 0 Å². The van der Waals surface area contributed by atoms with E-state index in [0.717, 1.165) is 25.7 Å². The third kappa shape index (κ3) is 2.46. The van der Waals surface area contributed by atoms with Gasteiger partial charge in [0, 0.05) is 12.5 Å². The molecule has 0 unspecified atom stereocenters. The lowest BCUT2D eigenvalue weighted by Gasteiger charge is -2.24. The summed E-state index contributed by atoms with van der Waals surface area (Å²) in [5.41, 5.74) is 0. The quantitative estimate of drug-likeness (QED) is 0.649. The molecule has 0 aromatic carbocycles. The maximum absolute atomic E-state index is 10.7. The van der Waals surface area contributed by atoms with Crippen LogP contribution in [0.5, 0.6) is 0 Å². The number of hydrogen-bond acceptors (Lipinski definition) is 2. The second-order valence-electron chi connectivity index (χ2n) is 3.20. The first-order valence-corrected chi connectivity index (χ1v) is 4.42. The molecule has 0 aliphatic heterocycles. The molecule has 0 radical (unpaired) electrons. The van der Waals surface area contributed by atoms with Crippen LogP contribution in [0, 0.1) is 11.8 Å². The molecule has 1 N–H and O–H groups in total. The average Bonchev–Trinajstić information content (AvgIpc) is 2.05. The molecule has 0 atom stereocenters. The molecule has 64 valence electrons. The van der Waals surface area contributed by atoms with E-state index in [1.165, 1.54) is 0 Å². The first-order chi connectivity index (χ1) is 5.24. The summed E-state index contributed by atoms with van der Waals surface area (Å²) in [7, 11) is 0. The molecule has 0 spiro atoms. The topological polar surface area (TPSA) is 37.3 Å². The van der Waals surface area contributed by atoms with Gasteiger partial charge in [-0.05, 0) is 43.2 Å². The third-order valence-corrected chi connectivity index (χ3v) is 2.73. The molecule has 0 amide bonds. The largest absolute Gasteiger partial charge is 0.396 e. The van der Waals surface area contributed by atoms with Crippen LogP contribution in [0.3, 0.4) is 0 Å². The third-order valence-electron chi connectivity index (χ3n) is 2.43. The van der Waals surface area contributed by atoms with E-state index in [-0.39, 0.29) is 17.8 Å². The predicted octanol–water partition coefficient (Wildman–Crippen LogP) is 1.55. The van der Waals surface area contributed by atoms with Gasteiger partial charge in [-0.3, -0.25) is 4.79 Å². The first-order valence-electron chi connectivity index (χ1n) is 4.04. The highest BCUT2D eigenvalue weighted by atomic mass is 35.5. The molecular weight excluding hydrogens is 164 g/mol. The minimum atomic E-state index is -0.207. The lowest BCUT2D eigenvalue weighted by atomic mass is 9.83. The Balaban J connectivity index is 2.30. The van der Waals surface area contributed by atoms with Crippen molar-refractivity contribution in [3.05, 3.63) is 0 Å². The summed E-state index contributed by atoms with van der Waals surface area (Å²) in [6.07, 6.45) is 3.60. The van der Waals surface area contributed by atoms with Crippen molar-refractivity contribution in [2.75, 3.05) is 6.61 Å². The molecule has 0 heterocycles. The van der Waals surface area contributed by atoms with E-state index in [2.05, 4.69) is 0 Å². The van der Waals surface area contributed by atoms with Crippen LogP contribution >= 0.6 is 11.6 Å². The predicted molar refractivity (Wildman–Crippen MR) is 43.4 cm³/mol. The minimum absolute atomic E-state index is 0.0551. The van der Waals surface area contributed by atoms with Crippen molar-refractivity contribution in [2.24, 2.45) is 11.8 Å². The van der Waals surface area contributed by atoms with Crippen LogP contribution in [0.15, 0.2) is 0 Å². The maximum atomic E-state index is 10.7. The molecule has 0 aromatic heterocycles. The highest BCUT2D eigenvalue weighted by Gasteiger charge is 2.24. The molecule has 0 saturated heterocycles. The highest BCUT2D eigenvalue weighted by Crippen LogP contribution is 2.29. The zero-order chi connectivity index (χ0) is 8.27. The fraction of sp³-hybridized carbons (Fsp3) is 0.875. The van der Waals surface area contributed by atoms with E-state index < -0.39 is 0 Å². The molecule has 0 bridgehead atoms. The van der Waals surface area contributed by atoms with Crippen LogP contribution in [0.1, 0.15) is 25.7 Å². The fourth-order valence-electron chi connectivity index (χ4n) is 1.57. The number of halogens is 1. The van der Waals surface area contributed by atoms with Gasteiger partial charge in [-0.15, -0.1) is 0 Å². The van der Waals surface area contributed by atoms with E-state index in [4.69, 9.17) is 16.7 Å². The van der Waals surface area contributed by atoms with Gasteiger partial charge in [0.05, 0.1) is 0 Å². The number of aliphatic hydroxyl groups is 1. The molecule has 1 fully saturated rings. The maximum Gasteiger partial charge on any atom is 0.224 e. The summed E-state index contributed by atoms with van der Waals surface area (Å²) in [5, 5.41) is 8.59. The summed E-state index contributed by atoms with van der Waals surface area (Å²) in [5.74, 6) is 0.460. The Morgan fingerprint density at radius 2 is 1.91 bits per heavy atom. The number of carbonyl (C=O) groups is 1. The molecule has 3 heteroatoms. The summed E-state index contributed by atoms with van der Waals surface area (Å²) in [6, 6.07) is 0. The van der Waals surface area contributed by atoms with Gasteiger partial charge in [-0.2, -0.15) is 0 Å². The second kappa shape index (κ2) is 4.07. The van der Waals surface area contributed by atoms with Crippen LogP contribution < -0.4 is 0 Å². The van der Waals surface area contributed by atoms with Crippen LogP contribution in [0.25, 0.3) is 0 Å². The molecule has 1 aliphatic carbocycles. The van der Waals surface area contributed by atoms with Crippen molar-refractivity contribution in [1.29, 1.82) is 0 Å².